The molecule has 2 aromatic carbocycles. The van der Waals surface area contributed by atoms with Crippen LogP contribution < -0.4 is 10.6 Å². The summed E-state index contributed by atoms with van der Waals surface area (Å²) in [5.41, 5.74) is 4.64. The SMILES string of the molecule is O=C(NCC1CCC(C(=O)N[C@@H](CC2CC2)C(=O)O)O1)OCC1c2ccccc2-c2ccccc21. The highest BCUT2D eigenvalue weighted by Gasteiger charge is 2.35. The maximum Gasteiger partial charge on any atom is 0.407 e. The van der Waals surface area contributed by atoms with Crippen molar-refractivity contribution in [1.29, 1.82) is 0 Å². The number of ether oxygens (including phenoxy) is 2. The molecule has 2 amide bonds. The second-order valence-corrected chi connectivity index (χ2v) is 9.61. The van der Waals surface area contributed by atoms with E-state index in [-0.39, 0.29) is 25.2 Å². The van der Waals surface area contributed by atoms with Gasteiger partial charge in [0.2, 0.25) is 5.91 Å². The Labute approximate surface area is 204 Å². The number of nitrogens with one attached hydrogen (secondary N) is 2. The highest BCUT2D eigenvalue weighted by Crippen LogP contribution is 2.44. The van der Waals surface area contributed by atoms with Crippen molar-refractivity contribution in [3.8, 4) is 11.1 Å². The van der Waals surface area contributed by atoms with Crippen molar-refractivity contribution < 1.29 is 29.0 Å². The van der Waals surface area contributed by atoms with Gasteiger partial charge in [-0.25, -0.2) is 9.59 Å². The molecular formula is C27H30N2O6. The van der Waals surface area contributed by atoms with Crippen LogP contribution in [0.15, 0.2) is 48.5 Å². The van der Waals surface area contributed by atoms with Gasteiger partial charge in [0, 0.05) is 12.5 Å². The zero-order valence-corrected chi connectivity index (χ0v) is 19.4. The molecule has 1 saturated heterocycles. The van der Waals surface area contributed by atoms with Gasteiger partial charge in [-0.05, 0) is 47.4 Å². The summed E-state index contributed by atoms with van der Waals surface area (Å²) in [7, 11) is 0. The zero-order chi connectivity index (χ0) is 24.4. The van der Waals surface area contributed by atoms with Gasteiger partial charge in [-0.3, -0.25) is 4.79 Å². The fraction of sp³-hybridized carbons (Fsp3) is 0.444. The monoisotopic (exact) mass is 478 g/mol. The topological polar surface area (TPSA) is 114 Å². The Morgan fingerprint density at radius 1 is 0.971 bits per heavy atom. The summed E-state index contributed by atoms with van der Waals surface area (Å²) in [4.78, 5) is 36.3. The minimum atomic E-state index is -1.02. The molecule has 35 heavy (non-hydrogen) atoms. The lowest BCUT2D eigenvalue weighted by molar-refractivity contribution is -0.144. The van der Waals surface area contributed by atoms with Gasteiger partial charge in [-0.15, -0.1) is 0 Å². The van der Waals surface area contributed by atoms with Crippen molar-refractivity contribution in [2.75, 3.05) is 13.2 Å². The van der Waals surface area contributed by atoms with Crippen LogP contribution in [0.4, 0.5) is 4.79 Å². The Morgan fingerprint density at radius 2 is 1.63 bits per heavy atom. The third-order valence-electron chi connectivity index (χ3n) is 7.10. The second-order valence-electron chi connectivity index (χ2n) is 9.61. The number of amides is 2. The molecule has 2 fully saturated rings. The number of aliphatic carboxylic acids is 1. The predicted molar refractivity (Wildman–Crippen MR) is 128 cm³/mol. The molecule has 1 saturated carbocycles. The molecule has 2 unspecified atom stereocenters. The molecule has 1 heterocycles. The van der Waals surface area contributed by atoms with Crippen LogP contribution in [0.3, 0.4) is 0 Å². The minimum Gasteiger partial charge on any atom is -0.480 e. The summed E-state index contributed by atoms with van der Waals surface area (Å²) in [6.45, 7) is 0.457. The largest absolute Gasteiger partial charge is 0.480 e. The molecule has 1 aliphatic heterocycles. The van der Waals surface area contributed by atoms with E-state index in [1.54, 1.807) is 0 Å². The van der Waals surface area contributed by atoms with Crippen molar-refractivity contribution in [3.63, 3.8) is 0 Å². The highest BCUT2D eigenvalue weighted by molar-refractivity contribution is 5.86. The first-order valence-corrected chi connectivity index (χ1v) is 12.3. The molecule has 2 aromatic rings. The molecule has 8 heteroatoms. The lowest BCUT2D eigenvalue weighted by Crippen LogP contribution is -2.46. The molecule has 3 atom stereocenters. The van der Waals surface area contributed by atoms with Gasteiger partial charge in [-0.2, -0.15) is 0 Å². The lowest BCUT2D eigenvalue weighted by atomic mass is 9.98. The van der Waals surface area contributed by atoms with Crippen molar-refractivity contribution in [1.82, 2.24) is 10.6 Å². The molecule has 184 valence electrons. The zero-order valence-electron chi connectivity index (χ0n) is 19.4. The number of carbonyl (C=O) groups is 3. The van der Waals surface area contributed by atoms with E-state index in [9.17, 15) is 19.5 Å². The smallest absolute Gasteiger partial charge is 0.407 e. The molecule has 8 nitrogen and oxygen atoms in total. The molecular weight excluding hydrogens is 448 g/mol. The first kappa shape index (κ1) is 23.4. The molecule has 0 spiro atoms. The Hall–Kier alpha value is -3.39. The molecule has 0 radical (unpaired) electrons. The Bertz CT molecular complexity index is 1070. The van der Waals surface area contributed by atoms with Crippen LogP contribution in [0.1, 0.15) is 49.1 Å². The van der Waals surface area contributed by atoms with Crippen LogP contribution >= 0.6 is 0 Å². The molecule has 0 bridgehead atoms. The van der Waals surface area contributed by atoms with Crippen LogP contribution in [0.2, 0.25) is 0 Å². The number of hydrogen-bond donors (Lipinski definition) is 3. The Kier molecular flexibility index (Phi) is 6.72. The molecule has 3 aliphatic rings. The molecule has 5 rings (SSSR count). The van der Waals surface area contributed by atoms with Gasteiger partial charge in [0.1, 0.15) is 18.8 Å². The van der Waals surface area contributed by atoms with Crippen LogP contribution in [0, 0.1) is 5.92 Å². The molecule has 0 aromatic heterocycles. The first-order valence-electron chi connectivity index (χ1n) is 12.3. The third kappa shape index (κ3) is 5.32. The van der Waals surface area contributed by atoms with E-state index in [1.807, 2.05) is 24.3 Å². The Morgan fingerprint density at radius 3 is 2.26 bits per heavy atom. The van der Waals surface area contributed by atoms with Crippen molar-refractivity contribution in [3.05, 3.63) is 59.7 Å². The van der Waals surface area contributed by atoms with E-state index in [0.29, 0.717) is 25.2 Å². The fourth-order valence-electron chi connectivity index (χ4n) is 5.07. The normalized spacial score (nSPS) is 21.6. The van der Waals surface area contributed by atoms with Gasteiger partial charge in [0.15, 0.2) is 0 Å². The van der Waals surface area contributed by atoms with E-state index < -0.39 is 30.1 Å². The number of benzene rings is 2. The van der Waals surface area contributed by atoms with Crippen molar-refractivity contribution in [2.45, 2.75) is 56.3 Å². The van der Waals surface area contributed by atoms with E-state index in [4.69, 9.17) is 9.47 Å². The van der Waals surface area contributed by atoms with Crippen LogP contribution in [0.5, 0.6) is 0 Å². The minimum absolute atomic E-state index is 0.0122. The quantitative estimate of drug-likeness (QED) is 0.509. The number of carbonyl (C=O) groups excluding carboxylic acids is 2. The van der Waals surface area contributed by atoms with Crippen LogP contribution in [-0.4, -0.2) is 54.5 Å². The number of alkyl carbamates (subject to hydrolysis) is 1. The van der Waals surface area contributed by atoms with E-state index in [2.05, 4.69) is 34.9 Å². The van der Waals surface area contributed by atoms with Crippen molar-refractivity contribution in [2.24, 2.45) is 5.92 Å². The predicted octanol–water partition coefficient (Wildman–Crippen LogP) is 3.44. The number of carboxylic acids is 1. The van der Waals surface area contributed by atoms with Gasteiger partial charge in [0.05, 0.1) is 6.10 Å². The maximum absolute atomic E-state index is 12.5. The number of rotatable bonds is 9. The summed E-state index contributed by atoms with van der Waals surface area (Å²) >= 11 is 0. The first-order chi connectivity index (χ1) is 17.0. The summed E-state index contributed by atoms with van der Waals surface area (Å²) in [6.07, 6.45) is 2.02. The average Bonchev–Trinajstić information content (AvgIpc) is 3.45. The number of hydrogen-bond acceptors (Lipinski definition) is 5. The Balaban J connectivity index is 1.08. The van der Waals surface area contributed by atoms with Gasteiger partial charge >= 0.3 is 12.1 Å². The second kappa shape index (κ2) is 10.1. The van der Waals surface area contributed by atoms with Crippen molar-refractivity contribution >= 4 is 18.0 Å². The van der Waals surface area contributed by atoms with E-state index in [1.165, 1.54) is 11.1 Å². The average molecular weight is 479 g/mol. The number of carboxylic acid groups (broad SMARTS) is 1. The van der Waals surface area contributed by atoms with Crippen LogP contribution in [0.25, 0.3) is 11.1 Å². The summed E-state index contributed by atoms with van der Waals surface area (Å²) < 4.78 is 11.3. The molecule has 2 aliphatic carbocycles. The van der Waals surface area contributed by atoms with Crippen LogP contribution in [-0.2, 0) is 19.1 Å². The van der Waals surface area contributed by atoms with Gasteiger partial charge in [-0.1, -0.05) is 61.4 Å². The van der Waals surface area contributed by atoms with E-state index in [0.717, 1.165) is 24.0 Å². The number of fused-ring (bicyclic) bond motifs is 3. The maximum atomic E-state index is 12.5. The fourth-order valence-corrected chi connectivity index (χ4v) is 5.07. The lowest BCUT2D eigenvalue weighted by Gasteiger charge is -2.18. The summed E-state index contributed by atoms with van der Waals surface area (Å²) in [6, 6.07) is 15.4. The molecule has 3 N–H and O–H groups in total. The van der Waals surface area contributed by atoms with Gasteiger partial charge < -0.3 is 25.2 Å². The summed E-state index contributed by atoms with van der Waals surface area (Å²) in [5, 5.41) is 14.7. The van der Waals surface area contributed by atoms with Gasteiger partial charge in [0.25, 0.3) is 0 Å². The third-order valence-corrected chi connectivity index (χ3v) is 7.10. The van der Waals surface area contributed by atoms with E-state index >= 15 is 0 Å². The summed E-state index contributed by atoms with van der Waals surface area (Å²) in [5.74, 6) is -1.05. The highest BCUT2D eigenvalue weighted by atomic mass is 16.5. The standard InChI is InChI=1S/C27H30N2O6/c30-25(29-23(26(31)32)13-16-9-10-16)24-12-11-17(35-24)14-28-27(33)34-15-22-20-7-3-1-5-18(20)19-6-2-4-8-21(19)22/h1-8,16-17,22-24H,9-15H2,(H,28,33)(H,29,30)(H,31,32)/t17?,23-,24?/m0/s1.